The molecule has 0 N–H and O–H groups in total. The highest BCUT2D eigenvalue weighted by Gasteiger charge is 2.34. The molecule has 1 atom stereocenters. The highest BCUT2D eigenvalue weighted by Crippen LogP contribution is 2.40. The summed E-state index contributed by atoms with van der Waals surface area (Å²) in [4.78, 5) is 15.6. The van der Waals surface area contributed by atoms with E-state index in [1.165, 1.54) is 0 Å². The number of benzene rings is 1. The number of likely N-dealkylation sites (tertiary alicyclic amines) is 1. The Bertz CT molecular complexity index is 1040. The van der Waals surface area contributed by atoms with Crippen molar-refractivity contribution in [2.45, 2.75) is 39.3 Å². The van der Waals surface area contributed by atoms with Gasteiger partial charge in [0.1, 0.15) is 17.3 Å². The number of hydrogen-bond donors (Lipinski definition) is 0. The molecule has 0 spiro atoms. The fourth-order valence-corrected chi connectivity index (χ4v) is 4.41. The predicted molar refractivity (Wildman–Crippen MR) is 114 cm³/mol. The first kappa shape index (κ1) is 20.1. The minimum atomic E-state index is -0.0318. The second-order valence-electron chi connectivity index (χ2n) is 7.71. The number of ether oxygens (including phenoxy) is 2. The number of furan rings is 1. The van der Waals surface area contributed by atoms with Crippen LogP contribution < -0.4 is 9.47 Å². The maximum atomic E-state index is 13.6. The third-order valence-electron chi connectivity index (χ3n) is 6.01. The fourth-order valence-electron chi connectivity index (χ4n) is 4.41. The zero-order valence-electron chi connectivity index (χ0n) is 18.0. The van der Waals surface area contributed by atoms with E-state index >= 15 is 0 Å². The Morgan fingerprint density at radius 1 is 1.17 bits per heavy atom. The van der Waals surface area contributed by atoms with Crippen molar-refractivity contribution in [1.29, 1.82) is 0 Å². The van der Waals surface area contributed by atoms with Crippen LogP contribution in [0.1, 0.15) is 52.0 Å². The first-order valence-corrected chi connectivity index (χ1v) is 10.3. The van der Waals surface area contributed by atoms with Crippen LogP contribution in [0.5, 0.6) is 11.5 Å². The first-order chi connectivity index (χ1) is 14.5. The van der Waals surface area contributed by atoms with E-state index in [0.29, 0.717) is 6.54 Å². The summed E-state index contributed by atoms with van der Waals surface area (Å²) in [5, 5.41) is 0. The number of amides is 1. The Kier molecular flexibility index (Phi) is 5.57. The van der Waals surface area contributed by atoms with Crippen LogP contribution >= 0.6 is 0 Å². The number of hydrogen-bond acceptors (Lipinski definition) is 4. The minimum absolute atomic E-state index is 0.0318. The normalized spacial score (nSPS) is 16.1. The maximum Gasteiger partial charge on any atom is 0.256 e. The molecule has 2 aromatic heterocycles. The van der Waals surface area contributed by atoms with Gasteiger partial charge in [0.05, 0.1) is 38.6 Å². The van der Waals surface area contributed by atoms with Crippen LogP contribution in [0.3, 0.4) is 0 Å². The van der Waals surface area contributed by atoms with Gasteiger partial charge in [0, 0.05) is 23.5 Å². The quantitative estimate of drug-likeness (QED) is 0.591. The summed E-state index contributed by atoms with van der Waals surface area (Å²) in [5.41, 5.74) is 3.74. The van der Waals surface area contributed by atoms with Gasteiger partial charge in [0.2, 0.25) is 0 Å². The van der Waals surface area contributed by atoms with E-state index in [2.05, 4.69) is 4.57 Å². The van der Waals surface area contributed by atoms with Gasteiger partial charge < -0.3 is 23.4 Å². The van der Waals surface area contributed by atoms with Gasteiger partial charge in [0.15, 0.2) is 0 Å². The van der Waals surface area contributed by atoms with Crippen molar-refractivity contribution in [3.05, 3.63) is 70.9 Å². The number of carbonyl (C=O) groups is 1. The third-order valence-corrected chi connectivity index (χ3v) is 6.01. The number of rotatable bonds is 6. The second kappa shape index (κ2) is 8.30. The highest BCUT2D eigenvalue weighted by atomic mass is 16.5. The number of aryl methyl sites for hydroxylation is 1. The molecule has 1 unspecified atom stereocenters. The molecule has 158 valence electrons. The standard InChI is InChI=1S/C24H28N2O4/c1-16-13-20(17(2)26(16)15-19-7-6-12-30-19)24(27)25-11-5-8-22(25)21-14-18(28-3)9-10-23(21)29-4/h6-7,9-10,12-14,22H,5,8,11,15H2,1-4H3. The summed E-state index contributed by atoms with van der Waals surface area (Å²) in [6, 6.07) is 11.6. The van der Waals surface area contributed by atoms with Crippen molar-refractivity contribution < 1.29 is 18.7 Å². The summed E-state index contributed by atoms with van der Waals surface area (Å²) in [6.45, 7) is 5.37. The molecule has 6 heteroatoms. The smallest absolute Gasteiger partial charge is 0.256 e. The Hall–Kier alpha value is -3.15. The Morgan fingerprint density at radius 3 is 2.70 bits per heavy atom. The Labute approximate surface area is 177 Å². The summed E-state index contributed by atoms with van der Waals surface area (Å²) >= 11 is 0. The van der Waals surface area contributed by atoms with Gasteiger partial charge >= 0.3 is 0 Å². The Balaban J connectivity index is 1.65. The van der Waals surface area contributed by atoms with Crippen LogP contribution in [0.2, 0.25) is 0 Å². The van der Waals surface area contributed by atoms with Gasteiger partial charge in [0.25, 0.3) is 5.91 Å². The summed E-state index contributed by atoms with van der Waals surface area (Å²) in [5.74, 6) is 2.47. The average Bonchev–Trinajstić information content (AvgIpc) is 3.50. The van der Waals surface area contributed by atoms with Crippen molar-refractivity contribution in [2.24, 2.45) is 0 Å². The predicted octanol–water partition coefficient (Wildman–Crippen LogP) is 4.74. The maximum absolute atomic E-state index is 13.6. The number of aromatic nitrogens is 1. The van der Waals surface area contributed by atoms with Gasteiger partial charge in [-0.25, -0.2) is 0 Å². The molecule has 30 heavy (non-hydrogen) atoms. The van der Waals surface area contributed by atoms with E-state index in [1.807, 2.05) is 55.1 Å². The number of nitrogens with zero attached hydrogens (tertiary/aromatic N) is 2. The van der Waals surface area contributed by atoms with E-state index in [-0.39, 0.29) is 11.9 Å². The molecule has 1 aromatic carbocycles. The zero-order valence-corrected chi connectivity index (χ0v) is 18.0. The number of carbonyl (C=O) groups excluding carboxylic acids is 1. The molecule has 1 fully saturated rings. The van der Waals surface area contributed by atoms with Crippen molar-refractivity contribution in [2.75, 3.05) is 20.8 Å². The molecule has 1 aliphatic heterocycles. The van der Waals surface area contributed by atoms with Gasteiger partial charge in [-0.2, -0.15) is 0 Å². The molecule has 1 amide bonds. The molecule has 3 heterocycles. The van der Waals surface area contributed by atoms with Crippen LogP contribution in [0.15, 0.2) is 47.1 Å². The molecule has 0 aliphatic carbocycles. The zero-order chi connectivity index (χ0) is 21.3. The molecule has 1 saturated heterocycles. The lowest BCUT2D eigenvalue weighted by Gasteiger charge is -2.27. The van der Waals surface area contributed by atoms with Crippen molar-refractivity contribution in [3.8, 4) is 11.5 Å². The van der Waals surface area contributed by atoms with Crippen LogP contribution in [0.4, 0.5) is 0 Å². The molecule has 6 nitrogen and oxygen atoms in total. The summed E-state index contributed by atoms with van der Waals surface area (Å²) in [7, 11) is 3.31. The molecule has 0 bridgehead atoms. The first-order valence-electron chi connectivity index (χ1n) is 10.3. The molecule has 0 radical (unpaired) electrons. The highest BCUT2D eigenvalue weighted by molar-refractivity contribution is 5.96. The van der Waals surface area contributed by atoms with E-state index in [9.17, 15) is 4.79 Å². The topological polar surface area (TPSA) is 56.8 Å². The van der Waals surface area contributed by atoms with E-state index < -0.39 is 0 Å². The largest absolute Gasteiger partial charge is 0.497 e. The van der Waals surface area contributed by atoms with Crippen molar-refractivity contribution in [1.82, 2.24) is 9.47 Å². The monoisotopic (exact) mass is 408 g/mol. The molecule has 3 aromatic rings. The van der Waals surface area contributed by atoms with Crippen molar-refractivity contribution >= 4 is 5.91 Å². The second-order valence-corrected chi connectivity index (χ2v) is 7.71. The minimum Gasteiger partial charge on any atom is -0.497 e. The molecule has 1 aliphatic rings. The van der Waals surface area contributed by atoms with Crippen LogP contribution in [-0.4, -0.2) is 36.1 Å². The lowest BCUT2D eigenvalue weighted by atomic mass is 10.0. The Morgan fingerprint density at radius 2 is 2.00 bits per heavy atom. The van der Waals surface area contributed by atoms with Gasteiger partial charge in [-0.3, -0.25) is 4.79 Å². The summed E-state index contributed by atoms with van der Waals surface area (Å²) < 4.78 is 18.6. The lowest BCUT2D eigenvalue weighted by molar-refractivity contribution is 0.0733. The third kappa shape index (κ3) is 3.58. The van der Waals surface area contributed by atoms with Gasteiger partial charge in [-0.1, -0.05) is 0 Å². The summed E-state index contributed by atoms with van der Waals surface area (Å²) in [6.07, 6.45) is 3.54. The van der Waals surface area contributed by atoms with E-state index in [0.717, 1.165) is 59.2 Å². The SMILES string of the molecule is COc1ccc(OC)c(C2CCCN2C(=O)c2cc(C)n(Cc3ccco3)c2C)c1. The molecular weight excluding hydrogens is 380 g/mol. The van der Waals surface area contributed by atoms with Crippen LogP contribution in [0, 0.1) is 13.8 Å². The molecule has 4 rings (SSSR count). The van der Waals surface area contributed by atoms with Crippen molar-refractivity contribution in [3.63, 3.8) is 0 Å². The average molecular weight is 408 g/mol. The fraction of sp³-hybridized carbons (Fsp3) is 0.375. The van der Waals surface area contributed by atoms with E-state index in [1.54, 1.807) is 20.5 Å². The van der Waals surface area contributed by atoms with Gasteiger partial charge in [-0.15, -0.1) is 0 Å². The van der Waals surface area contributed by atoms with E-state index in [4.69, 9.17) is 13.9 Å². The van der Waals surface area contributed by atoms with Crippen LogP contribution in [0.25, 0.3) is 0 Å². The van der Waals surface area contributed by atoms with Gasteiger partial charge in [-0.05, 0) is 63.1 Å². The molecule has 0 saturated carbocycles. The molecular formula is C24H28N2O4. The van der Waals surface area contributed by atoms with Crippen LogP contribution in [-0.2, 0) is 6.54 Å². The number of methoxy groups -OCH3 is 2. The lowest BCUT2D eigenvalue weighted by Crippen LogP contribution is -2.31.